The smallest absolute Gasteiger partial charge is 0.338 e. The van der Waals surface area contributed by atoms with E-state index in [2.05, 4.69) is 26.5 Å². The Morgan fingerprint density at radius 3 is 2.58 bits per heavy atom. The highest BCUT2D eigenvalue weighted by Gasteiger charge is 2.11. The number of carbonyl (C=O) groups is 1. The first-order valence-electron chi connectivity index (χ1n) is 8.09. The maximum absolute atomic E-state index is 12.3. The molecular formula is C21H24O3. The van der Waals surface area contributed by atoms with Crippen molar-refractivity contribution in [3.05, 3.63) is 77.4 Å². The largest absolute Gasteiger partial charge is 0.489 e. The predicted octanol–water partition coefficient (Wildman–Crippen LogP) is 5.12. The molecule has 3 nitrogen and oxygen atoms in total. The third kappa shape index (κ3) is 4.98. The Balaban J connectivity index is 2.03. The summed E-state index contributed by atoms with van der Waals surface area (Å²) in [6.45, 7) is 10.6. The van der Waals surface area contributed by atoms with E-state index in [4.69, 9.17) is 9.47 Å². The number of esters is 1. The summed E-state index contributed by atoms with van der Waals surface area (Å²) in [6.07, 6.45) is 0. The minimum atomic E-state index is -0.352. The maximum Gasteiger partial charge on any atom is 0.338 e. The van der Waals surface area contributed by atoms with Crippen molar-refractivity contribution >= 4 is 5.97 Å². The van der Waals surface area contributed by atoms with Crippen molar-refractivity contribution in [3.8, 4) is 5.75 Å². The lowest BCUT2D eigenvalue weighted by Crippen LogP contribution is -2.07. The van der Waals surface area contributed by atoms with Crippen molar-refractivity contribution in [2.75, 3.05) is 6.61 Å². The van der Waals surface area contributed by atoms with Crippen LogP contribution in [-0.4, -0.2) is 12.6 Å². The van der Waals surface area contributed by atoms with Gasteiger partial charge in [0.05, 0.1) is 5.56 Å². The number of rotatable bonds is 7. The minimum Gasteiger partial charge on any atom is -0.489 e. The van der Waals surface area contributed by atoms with Gasteiger partial charge in [-0.15, -0.1) is 0 Å². The Kier molecular flexibility index (Phi) is 6.19. The van der Waals surface area contributed by atoms with Crippen LogP contribution in [0.5, 0.6) is 5.75 Å². The van der Waals surface area contributed by atoms with Gasteiger partial charge in [0.15, 0.2) is 0 Å². The fourth-order valence-electron chi connectivity index (χ4n) is 2.37. The summed E-state index contributed by atoms with van der Waals surface area (Å²) in [6, 6.07) is 15.0. The van der Waals surface area contributed by atoms with E-state index >= 15 is 0 Å². The lowest BCUT2D eigenvalue weighted by Gasteiger charge is -2.13. The van der Waals surface area contributed by atoms with Crippen molar-refractivity contribution in [1.82, 2.24) is 0 Å². The molecule has 24 heavy (non-hydrogen) atoms. The van der Waals surface area contributed by atoms with E-state index in [-0.39, 0.29) is 12.6 Å². The van der Waals surface area contributed by atoms with Crippen LogP contribution in [0.3, 0.4) is 0 Å². The second kappa shape index (κ2) is 8.34. The maximum atomic E-state index is 12.3. The van der Waals surface area contributed by atoms with Crippen LogP contribution in [0.25, 0.3) is 0 Å². The quantitative estimate of drug-likeness (QED) is 0.523. The van der Waals surface area contributed by atoms with Gasteiger partial charge in [-0.1, -0.05) is 50.8 Å². The van der Waals surface area contributed by atoms with Crippen molar-refractivity contribution in [2.24, 2.45) is 0 Å². The minimum absolute atomic E-state index is 0.268. The molecule has 0 aromatic heterocycles. The molecule has 0 bridgehead atoms. The number of hydrogen-bond acceptors (Lipinski definition) is 3. The van der Waals surface area contributed by atoms with Crippen molar-refractivity contribution in [1.29, 1.82) is 0 Å². The summed E-state index contributed by atoms with van der Waals surface area (Å²) in [5, 5.41) is 0. The molecule has 2 aromatic carbocycles. The standard InChI is InChI=1S/C21H24O3/c1-15(2)13-23-19-10-7-9-17(12-19)21(22)24-14-18-8-5-6-11-20(18)16(3)4/h5-12,16H,1,13-14H2,2-4H3. The zero-order chi connectivity index (χ0) is 17.5. The molecule has 0 spiro atoms. The molecule has 0 aliphatic rings. The highest BCUT2D eigenvalue weighted by atomic mass is 16.5. The molecule has 0 saturated heterocycles. The van der Waals surface area contributed by atoms with Crippen LogP contribution >= 0.6 is 0 Å². The lowest BCUT2D eigenvalue weighted by atomic mass is 9.98. The predicted molar refractivity (Wildman–Crippen MR) is 96.4 cm³/mol. The van der Waals surface area contributed by atoms with Crippen molar-refractivity contribution < 1.29 is 14.3 Å². The second-order valence-electron chi connectivity index (χ2n) is 6.20. The number of hydrogen-bond donors (Lipinski definition) is 0. The van der Waals surface area contributed by atoms with E-state index in [0.29, 0.717) is 23.8 Å². The van der Waals surface area contributed by atoms with Gasteiger partial charge in [-0.05, 0) is 47.7 Å². The van der Waals surface area contributed by atoms with Gasteiger partial charge >= 0.3 is 5.97 Å². The number of benzene rings is 2. The molecule has 3 heteroatoms. The third-order valence-corrected chi connectivity index (χ3v) is 3.59. The Hall–Kier alpha value is -2.55. The summed E-state index contributed by atoms with van der Waals surface area (Å²) in [7, 11) is 0. The molecule has 0 radical (unpaired) electrons. The monoisotopic (exact) mass is 324 g/mol. The van der Waals surface area contributed by atoms with Gasteiger partial charge in [0.2, 0.25) is 0 Å². The van der Waals surface area contributed by atoms with Crippen LogP contribution in [-0.2, 0) is 11.3 Å². The average Bonchev–Trinajstić information content (AvgIpc) is 2.58. The van der Waals surface area contributed by atoms with E-state index in [1.54, 1.807) is 18.2 Å². The van der Waals surface area contributed by atoms with Crippen LogP contribution in [0.15, 0.2) is 60.7 Å². The zero-order valence-corrected chi connectivity index (χ0v) is 14.5. The van der Waals surface area contributed by atoms with E-state index in [1.807, 2.05) is 31.2 Å². The van der Waals surface area contributed by atoms with E-state index in [0.717, 1.165) is 11.1 Å². The molecule has 0 unspecified atom stereocenters. The summed E-state index contributed by atoms with van der Waals surface area (Å²) < 4.78 is 11.0. The molecule has 0 fully saturated rings. The van der Waals surface area contributed by atoms with Gasteiger partial charge in [0.1, 0.15) is 19.0 Å². The van der Waals surface area contributed by atoms with E-state index in [9.17, 15) is 4.79 Å². The van der Waals surface area contributed by atoms with Gasteiger partial charge in [-0.3, -0.25) is 0 Å². The second-order valence-corrected chi connectivity index (χ2v) is 6.20. The molecule has 0 N–H and O–H groups in total. The van der Waals surface area contributed by atoms with E-state index in [1.165, 1.54) is 5.56 Å². The molecule has 0 heterocycles. The fourth-order valence-corrected chi connectivity index (χ4v) is 2.37. The van der Waals surface area contributed by atoms with Crippen LogP contribution < -0.4 is 4.74 Å². The molecule has 0 amide bonds. The molecule has 0 atom stereocenters. The summed E-state index contributed by atoms with van der Waals surface area (Å²) >= 11 is 0. The molecule has 0 aliphatic carbocycles. The van der Waals surface area contributed by atoms with Gasteiger partial charge in [0.25, 0.3) is 0 Å². The molecule has 2 rings (SSSR count). The summed E-state index contributed by atoms with van der Waals surface area (Å²) in [5.41, 5.74) is 3.64. The SMILES string of the molecule is C=C(C)COc1cccc(C(=O)OCc2ccccc2C(C)C)c1. The summed E-state index contributed by atoms with van der Waals surface area (Å²) in [4.78, 5) is 12.3. The summed E-state index contributed by atoms with van der Waals surface area (Å²) in [5.74, 6) is 0.670. The topological polar surface area (TPSA) is 35.5 Å². The first-order valence-corrected chi connectivity index (χ1v) is 8.09. The van der Waals surface area contributed by atoms with Gasteiger partial charge in [-0.2, -0.15) is 0 Å². The van der Waals surface area contributed by atoms with Crippen molar-refractivity contribution in [3.63, 3.8) is 0 Å². The lowest BCUT2D eigenvalue weighted by molar-refractivity contribution is 0.0471. The Morgan fingerprint density at radius 2 is 1.88 bits per heavy atom. The molecule has 126 valence electrons. The van der Waals surface area contributed by atoms with Gasteiger partial charge < -0.3 is 9.47 Å². The molecule has 0 saturated carbocycles. The highest BCUT2D eigenvalue weighted by molar-refractivity contribution is 5.89. The zero-order valence-electron chi connectivity index (χ0n) is 14.5. The third-order valence-electron chi connectivity index (χ3n) is 3.59. The van der Waals surface area contributed by atoms with Gasteiger partial charge in [-0.25, -0.2) is 4.79 Å². The normalized spacial score (nSPS) is 10.5. The molecule has 0 aliphatic heterocycles. The van der Waals surface area contributed by atoms with Crippen LogP contribution in [0.4, 0.5) is 0 Å². The molecule has 2 aromatic rings. The Labute approximate surface area is 143 Å². The van der Waals surface area contributed by atoms with Crippen LogP contribution in [0.1, 0.15) is 48.2 Å². The molecular weight excluding hydrogens is 300 g/mol. The van der Waals surface area contributed by atoms with E-state index < -0.39 is 0 Å². The first kappa shape index (κ1) is 17.8. The number of ether oxygens (including phenoxy) is 2. The van der Waals surface area contributed by atoms with Crippen LogP contribution in [0, 0.1) is 0 Å². The highest BCUT2D eigenvalue weighted by Crippen LogP contribution is 2.21. The average molecular weight is 324 g/mol. The number of carbonyl (C=O) groups excluding carboxylic acids is 1. The van der Waals surface area contributed by atoms with Crippen LogP contribution in [0.2, 0.25) is 0 Å². The van der Waals surface area contributed by atoms with Crippen molar-refractivity contribution in [2.45, 2.75) is 33.3 Å². The Morgan fingerprint density at radius 1 is 1.12 bits per heavy atom. The fraction of sp³-hybridized carbons (Fsp3) is 0.286. The Bertz CT molecular complexity index is 717. The first-order chi connectivity index (χ1) is 11.5. The van der Waals surface area contributed by atoms with Gasteiger partial charge in [0, 0.05) is 0 Å².